The molecule has 0 bridgehead atoms. The van der Waals surface area contributed by atoms with Gasteiger partial charge in [-0.15, -0.1) is 11.3 Å². The Balaban J connectivity index is 2.02. The minimum Gasteiger partial charge on any atom is -0.484 e. The number of rotatable bonds is 3. The smallest absolute Gasteiger partial charge is 0.180 e. The Morgan fingerprint density at radius 1 is 1.40 bits per heavy atom. The van der Waals surface area contributed by atoms with Gasteiger partial charge in [-0.2, -0.15) is 0 Å². The molecule has 3 nitrogen and oxygen atoms in total. The zero-order valence-electron chi connectivity index (χ0n) is 7.81. The van der Waals surface area contributed by atoms with Crippen LogP contribution in [0.1, 0.15) is 5.69 Å². The van der Waals surface area contributed by atoms with Crippen LogP contribution in [0.5, 0.6) is 5.75 Å². The molecule has 0 saturated carbocycles. The van der Waals surface area contributed by atoms with Crippen LogP contribution in [0, 0.1) is 5.82 Å². The zero-order valence-corrected chi connectivity index (χ0v) is 8.63. The van der Waals surface area contributed by atoms with Crippen molar-refractivity contribution < 1.29 is 9.13 Å². The van der Waals surface area contributed by atoms with Crippen molar-refractivity contribution in [2.45, 2.75) is 6.61 Å². The summed E-state index contributed by atoms with van der Waals surface area (Å²) >= 11 is 1.34. The van der Waals surface area contributed by atoms with Crippen LogP contribution in [-0.2, 0) is 6.61 Å². The van der Waals surface area contributed by atoms with Gasteiger partial charge in [-0.25, -0.2) is 9.37 Å². The molecule has 1 heterocycles. The molecule has 1 aromatic heterocycles. The summed E-state index contributed by atoms with van der Waals surface area (Å²) in [5.41, 5.74) is 6.16. The van der Waals surface area contributed by atoms with Gasteiger partial charge in [0.25, 0.3) is 0 Å². The Morgan fingerprint density at radius 2 is 2.20 bits per heavy atom. The molecule has 15 heavy (non-hydrogen) atoms. The van der Waals surface area contributed by atoms with Crippen LogP contribution in [0.4, 0.5) is 9.52 Å². The molecular weight excluding hydrogens is 215 g/mol. The van der Waals surface area contributed by atoms with E-state index in [0.717, 1.165) is 0 Å². The summed E-state index contributed by atoms with van der Waals surface area (Å²) in [6.45, 7) is 0.231. The van der Waals surface area contributed by atoms with E-state index in [0.29, 0.717) is 10.8 Å². The first-order valence-corrected chi connectivity index (χ1v) is 5.21. The number of benzene rings is 1. The van der Waals surface area contributed by atoms with E-state index in [9.17, 15) is 4.39 Å². The van der Waals surface area contributed by atoms with E-state index in [1.54, 1.807) is 23.6 Å². The lowest BCUT2D eigenvalue weighted by Crippen LogP contribution is -1.97. The Morgan fingerprint density at radius 3 is 2.87 bits per heavy atom. The first kappa shape index (κ1) is 9.92. The summed E-state index contributed by atoms with van der Waals surface area (Å²) < 4.78 is 18.4. The summed E-state index contributed by atoms with van der Waals surface area (Å²) in [7, 11) is 0. The Hall–Kier alpha value is -1.62. The number of hydrogen-bond donors (Lipinski definition) is 1. The van der Waals surface area contributed by atoms with Gasteiger partial charge in [-0.05, 0) is 12.1 Å². The van der Waals surface area contributed by atoms with Gasteiger partial charge >= 0.3 is 0 Å². The van der Waals surface area contributed by atoms with Crippen LogP contribution in [0.3, 0.4) is 0 Å². The number of thiazole rings is 1. The highest BCUT2D eigenvalue weighted by Crippen LogP contribution is 2.18. The van der Waals surface area contributed by atoms with E-state index in [-0.39, 0.29) is 18.2 Å². The molecule has 0 atom stereocenters. The quantitative estimate of drug-likeness (QED) is 0.871. The number of aromatic nitrogens is 1. The lowest BCUT2D eigenvalue weighted by Gasteiger charge is -2.04. The SMILES string of the molecule is Nc1nc(COc2ccccc2F)cs1. The topological polar surface area (TPSA) is 48.1 Å². The molecule has 0 fully saturated rings. The second kappa shape index (κ2) is 4.27. The standard InChI is InChI=1S/C10H9FN2OS/c11-8-3-1-2-4-9(8)14-5-7-6-15-10(12)13-7/h1-4,6H,5H2,(H2,12,13). The average Bonchev–Trinajstić information content (AvgIpc) is 2.63. The molecule has 0 saturated heterocycles. The minimum atomic E-state index is -0.374. The van der Waals surface area contributed by atoms with E-state index in [2.05, 4.69) is 4.98 Å². The van der Waals surface area contributed by atoms with Crippen molar-refractivity contribution in [1.82, 2.24) is 4.98 Å². The number of halogens is 1. The molecular formula is C10H9FN2OS. The second-order valence-electron chi connectivity index (χ2n) is 2.90. The molecule has 5 heteroatoms. The minimum absolute atomic E-state index is 0.226. The third-order valence-electron chi connectivity index (χ3n) is 1.78. The predicted molar refractivity (Wildman–Crippen MR) is 57.3 cm³/mol. The van der Waals surface area contributed by atoms with Gasteiger partial charge in [-0.3, -0.25) is 0 Å². The number of nitrogens with zero attached hydrogens (tertiary/aromatic N) is 1. The van der Waals surface area contributed by atoms with Crippen molar-refractivity contribution >= 4 is 16.5 Å². The molecule has 2 aromatic rings. The lowest BCUT2D eigenvalue weighted by atomic mass is 10.3. The maximum Gasteiger partial charge on any atom is 0.180 e. The molecule has 78 valence electrons. The van der Waals surface area contributed by atoms with Crippen molar-refractivity contribution in [3.8, 4) is 5.75 Å². The zero-order chi connectivity index (χ0) is 10.7. The summed E-state index contributed by atoms with van der Waals surface area (Å²) in [5, 5.41) is 2.28. The fraction of sp³-hybridized carbons (Fsp3) is 0.100. The highest BCUT2D eigenvalue weighted by atomic mass is 32.1. The molecule has 0 aliphatic heterocycles. The molecule has 0 radical (unpaired) electrons. The highest BCUT2D eigenvalue weighted by molar-refractivity contribution is 7.13. The number of nitrogens with two attached hydrogens (primary N) is 1. The van der Waals surface area contributed by atoms with Gasteiger partial charge in [0.15, 0.2) is 16.7 Å². The number of nitrogen functional groups attached to an aromatic ring is 1. The van der Waals surface area contributed by atoms with Gasteiger partial charge < -0.3 is 10.5 Å². The van der Waals surface area contributed by atoms with Gasteiger partial charge in [0.1, 0.15) is 6.61 Å². The molecule has 1 aromatic carbocycles. The average molecular weight is 224 g/mol. The van der Waals surface area contributed by atoms with Gasteiger partial charge in [0, 0.05) is 5.38 Å². The number of para-hydroxylation sites is 1. The molecule has 2 N–H and O–H groups in total. The van der Waals surface area contributed by atoms with Crippen LogP contribution < -0.4 is 10.5 Å². The second-order valence-corrected chi connectivity index (χ2v) is 3.79. The molecule has 0 spiro atoms. The van der Waals surface area contributed by atoms with Crippen LogP contribution >= 0.6 is 11.3 Å². The van der Waals surface area contributed by atoms with Crippen molar-refractivity contribution in [3.63, 3.8) is 0 Å². The van der Waals surface area contributed by atoms with Crippen molar-refractivity contribution in [2.24, 2.45) is 0 Å². The van der Waals surface area contributed by atoms with Crippen LogP contribution in [0.25, 0.3) is 0 Å². The molecule has 0 aliphatic carbocycles. The molecule has 0 aliphatic rings. The van der Waals surface area contributed by atoms with Crippen LogP contribution in [0.15, 0.2) is 29.6 Å². The Labute approximate surface area is 90.3 Å². The first-order chi connectivity index (χ1) is 7.25. The number of anilines is 1. The largest absolute Gasteiger partial charge is 0.484 e. The van der Waals surface area contributed by atoms with Crippen molar-refractivity contribution in [1.29, 1.82) is 0 Å². The fourth-order valence-electron chi connectivity index (χ4n) is 1.10. The van der Waals surface area contributed by atoms with Gasteiger partial charge in [0.05, 0.1) is 5.69 Å². The van der Waals surface area contributed by atoms with E-state index in [1.807, 2.05) is 0 Å². The fourth-order valence-corrected chi connectivity index (χ4v) is 1.65. The van der Waals surface area contributed by atoms with Crippen LogP contribution in [-0.4, -0.2) is 4.98 Å². The molecule has 0 amide bonds. The van der Waals surface area contributed by atoms with E-state index in [4.69, 9.17) is 10.5 Å². The normalized spacial score (nSPS) is 10.2. The number of ether oxygens (including phenoxy) is 1. The predicted octanol–water partition coefficient (Wildman–Crippen LogP) is 2.44. The Kier molecular flexibility index (Phi) is 2.82. The maximum atomic E-state index is 13.1. The molecule has 0 unspecified atom stereocenters. The van der Waals surface area contributed by atoms with Crippen molar-refractivity contribution in [3.05, 3.63) is 41.2 Å². The first-order valence-electron chi connectivity index (χ1n) is 4.33. The van der Waals surface area contributed by atoms with Gasteiger partial charge in [0.2, 0.25) is 0 Å². The van der Waals surface area contributed by atoms with E-state index < -0.39 is 0 Å². The summed E-state index contributed by atoms with van der Waals surface area (Å²) in [5.74, 6) is -0.148. The maximum absolute atomic E-state index is 13.1. The lowest BCUT2D eigenvalue weighted by molar-refractivity contribution is 0.287. The highest BCUT2D eigenvalue weighted by Gasteiger charge is 2.03. The number of hydrogen-bond acceptors (Lipinski definition) is 4. The third kappa shape index (κ3) is 2.44. The molecule has 2 rings (SSSR count). The third-order valence-corrected chi connectivity index (χ3v) is 2.50. The summed E-state index contributed by atoms with van der Waals surface area (Å²) in [4.78, 5) is 4.00. The Bertz CT molecular complexity index is 458. The monoisotopic (exact) mass is 224 g/mol. The van der Waals surface area contributed by atoms with Gasteiger partial charge in [-0.1, -0.05) is 12.1 Å². The summed E-state index contributed by atoms with van der Waals surface area (Å²) in [6.07, 6.45) is 0. The van der Waals surface area contributed by atoms with Crippen molar-refractivity contribution in [2.75, 3.05) is 5.73 Å². The summed E-state index contributed by atoms with van der Waals surface area (Å²) in [6, 6.07) is 6.26. The van der Waals surface area contributed by atoms with Crippen LogP contribution in [0.2, 0.25) is 0 Å². The van der Waals surface area contributed by atoms with E-state index in [1.165, 1.54) is 17.4 Å². The van der Waals surface area contributed by atoms with E-state index >= 15 is 0 Å².